The minimum absolute atomic E-state index is 0. The van der Waals surface area contributed by atoms with Gasteiger partial charge in [0.25, 0.3) is 0 Å². The van der Waals surface area contributed by atoms with E-state index >= 15 is 0 Å². The van der Waals surface area contributed by atoms with Gasteiger partial charge in [0.15, 0.2) is 5.96 Å². The van der Waals surface area contributed by atoms with E-state index in [1.54, 1.807) is 0 Å². The first-order valence-electron chi connectivity index (χ1n) is 11.1. The number of aliphatic hydroxyl groups excluding tert-OH is 1. The zero-order valence-corrected chi connectivity index (χ0v) is 20.8. The number of nitrogens with zero attached hydrogens (tertiary/aromatic N) is 3. The number of carbonyl (C=O) groups excluding carboxylic acids is 1. The van der Waals surface area contributed by atoms with Crippen LogP contribution in [0.25, 0.3) is 0 Å². The second kappa shape index (κ2) is 13.2. The van der Waals surface area contributed by atoms with Crippen LogP contribution in [-0.4, -0.2) is 84.7 Å². The predicted octanol–water partition coefficient (Wildman–Crippen LogP) is 0.528. The van der Waals surface area contributed by atoms with E-state index in [0.717, 1.165) is 57.9 Å². The molecule has 0 saturated carbocycles. The predicted molar refractivity (Wildman–Crippen MR) is 135 cm³/mol. The lowest BCUT2D eigenvalue weighted by molar-refractivity contribution is -0.119. The van der Waals surface area contributed by atoms with E-state index in [2.05, 4.69) is 49.7 Å². The molecule has 1 atom stereocenters. The number of amides is 1. The number of hydrogen-bond donors (Lipinski definition) is 4. The Morgan fingerprint density at radius 2 is 1.94 bits per heavy atom. The van der Waals surface area contributed by atoms with Gasteiger partial charge < -0.3 is 21.5 Å². The number of hydrogen-bond acceptors (Lipinski definition) is 5. The Hall–Kier alpha value is -1.43. The number of aliphatic hydroxyl groups is 1. The van der Waals surface area contributed by atoms with Gasteiger partial charge in [0.05, 0.1) is 19.2 Å². The maximum atomic E-state index is 11.1. The fourth-order valence-corrected chi connectivity index (χ4v) is 4.23. The van der Waals surface area contributed by atoms with Crippen molar-refractivity contribution in [3.8, 4) is 0 Å². The van der Waals surface area contributed by atoms with E-state index in [1.165, 1.54) is 11.1 Å². The Kier molecular flexibility index (Phi) is 11.0. The summed E-state index contributed by atoms with van der Waals surface area (Å²) in [7, 11) is 0. The molecule has 0 aliphatic carbocycles. The van der Waals surface area contributed by atoms with Gasteiger partial charge in [-0.15, -0.1) is 24.0 Å². The van der Waals surface area contributed by atoms with Gasteiger partial charge in [-0.25, -0.2) is 0 Å². The molecule has 1 aromatic rings. The van der Waals surface area contributed by atoms with Gasteiger partial charge >= 0.3 is 0 Å². The van der Waals surface area contributed by atoms with E-state index in [-0.39, 0.29) is 29.9 Å². The van der Waals surface area contributed by atoms with Crippen LogP contribution in [0.1, 0.15) is 30.9 Å². The fourth-order valence-electron chi connectivity index (χ4n) is 4.23. The van der Waals surface area contributed by atoms with Gasteiger partial charge in [0, 0.05) is 45.3 Å². The van der Waals surface area contributed by atoms with Crippen molar-refractivity contribution in [1.29, 1.82) is 0 Å². The molecule has 0 radical (unpaired) electrons. The second-order valence-electron chi connectivity index (χ2n) is 8.29. The number of halogens is 1. The van der Waals surface area contributed by atoms with Gasteiger partial charge in [0.1, 0.15) is 0 Å². The largest absolute Gasteiger partial charge is 0.390 e. The molecular weight excluding hydrogens is 507 g/mol. The van der Waals surface area contributed by atoms with E-state index in [0.29, 0.717) is 25.7 Å². The van der Waals surface area contributed by atoms with Gasteiger partial charge in [0.2, 0.25) is 5.91 Å². The third-order valence-corrected chi connectivity index (χ3v) is 5.79. The molecule has 1 unspecified atom stereocenters. The summed E-state index contributed by atoms with van der Waals surface area (Å²) in [5, 5.41) is 17.3. The minimum atomic E-state index is -0.497. The van der Waals surface area contributed by atoms with Crippen LogP contribution in [0.4, 0.5) is 0 Å². The number of primary amides is 1. The maximum Gasteiger partial charge on any atom is 0.231 e. The number of carbonyl (C=O) groups is 1. The van der Waals surface area contributed by atoms with Crippen molar-refractivity contribution in [2.24, 2.45) is 10.7 Å². The third kappa shape index (κ3) is 8.55. The molecule has 2 heterocycles. The number of β-amino-alcohol motifs (C(OH)–C–C–N with tert-alkyl or cyclic N) is 1. The number of fused-ring (bicyclic) bond motifs is 1. The standard InChI is InChI=1S/C22H36N6O2.HI/c1-2-24-22(26-19-8-11-27(12-9-19)16-21(23)30)25-13-20(29)15-28-10-7-17-5-3-4-6-18(17)14-28;/h3-6,19-20,29H,2,7-16H2,1H3,(H2,23,30)(H2,24,25,26);1H. The van der Waals surface area contributed by atoms with Crippen LogP contribution in [-0.2, 0) is 17.8 Å². The zero-order valence-electron chi connectivity index (χ0n) is 18.4. The summed E-state index contributed by atoms with van der Waals surface area (Å²) in [6.07, 6.45) is 2.41. The van der Waals surface area contributed by atoms with Crippen molar-refractivity contribution >= 4 is 35.8 Å². The summed E-state index contributed by atoms with van der Waals surface area (Å²) in [6, 6.07) is 8.85. The molecule has 0 bridgehead atoms. The van der Waals surface area contributed by atoms with Crippen molar-refractivity contribution in [3.05, 3.63) is 35.4 Å². The van der Waals surface area contributed by atoms with Crippen LogP contribution in [0.3, 0.4) is 0 Å². The smallest absolute Gasteiger partial charge is 0.231 e. The summed E-state index contributed by atoms with van der Waals surface area (Å²) in [5.74, 6) is 0.469. The molecule has 1 saturated heterocycles. The van der Waals surface area contributed by atoms with Crippen LogP contribution >= 0.6 is 24.0 Å². The Morgan fingerprint density at radius 3 is 2.61 bits per heavy atom. The van der Waals surface area contributed by atoms with Crippen LogP contribution in [0.5, 0.6) is 0 Å². The first kappa shape index (κ1) is 25.8. The Balaban J connectivity index is 0.00000341. The number of rotatable bonds is 8. The first-order chi connectivity index (χ1) is 14.5. The highest BCUT2D eigenvalue weighted by Crippen LogP contribution is 2.18. The highest BCUT2D eigenvalue weighted by molar-refractivity contribution is 14.0. The highest BCUT2D eigenvalue weighted by Gasteiger charge is 2.21. The summed E-state index contributed by atoms with van der Waals surface area (Å²) in [4.78, 5) is 20.1. The first-order valence-corrected chi connectivity index (χ1v) is 11.1. The van der Waals surface area contributed by atoms with Crippen LogP contribution < -0.4 is 16.4 Å². The Morgan fingerprint density at radius 1 is 1.23 bits per heavy atom. The second-order valence-corrected chi connectivity index (χ2v) is 8.29. The van der Waals surface area contributed by atoms with Gasteiger partial charge in [-0.05, 0) is 37.3 Å². The van der Waals surface area contributed by atoms with Crippen LogP contribution in [0, 0.1) is 0 Å². The third-order valence-electron chi connectivity index (χ3n) is 5.79. The molecule has 2 aliphatic rings. The molecule has 8 nitrogen and oxygen atoms in total. The molecule has 0 aromatic heterocycles. The quantitative estimate of drug-likeness (QED) is 0.216. The van der Waals surface area contributed by atoms with Crippen LogP contribution in [0.2, 0.25) is 0 Å². The topological polar surface area (TPSA) is 106 Å². The van der Waals surface area contributed by atoms with Gasteiger partial charge in [-0.1, -0.05) is 24.3 Å². The summed E-state index contributed by atoms with van der Waals surface area (Å²) >= 11 is 0. The zero-order chi connectivity index (χ0) is 21.3. The molecule has 1 fully saturated rings. The Labute approximate surface area is 202 Å². The molecule has 9 heteroatoms. The number of nitrogens with two attached hydrogens (primary N) is 1. The molecule has 1 amide bonds. The average molecular weight is 544 g/mol. The lowest BCUT2D eigenvalue weighted by atomic mass is 10.00. The number of piperidine rings is 1. The van der Waals surface area contributed by atoms with E-state index in [9.17, 15) is 9.90 Å². The number of likely N-dealkylation sites (tertiary alicyclic amines) is 1. The maximum absolute atomic E-state index is 11.1. The average Bonchev–Trinajstić information content (AvgIpc) is 2.73. The number of guanidine groups is 1. The van der Waals surface area contributed by atoms with Crippen molar-refractivity contribution < 1.29 is 9.90 Å². The van der Waals surface area contributed by atoms with Gasteiger partial charge in [-0.2, -0.15) is 0 Å². The van der Waals surface area contributed by atoms with Crippen molar-refractivity contribution in [2.45, 2.75) is 44.9 Å². The van der Waals surface area contributed by atoms with E-state index < -0.39 is 6.10 Å². The molecule has 1 aromatic carbocycles. The number of nitrogens with one attached hydrogen (secondary N) is 2. The molecule has 5 N–H and O–H groups in total. The monoisotopic (exact) mass is 544 g/mol. The van der Waals surface area contributed by atoms with Crippen molar-refractivity contribution in [3.63, 3.8) is 0 Å². The lowest BCUT2D eigenvalue weighted by Crippen LogP contribution is -2.50. The fraction of sp³-hybridized carbons (Fsp3) is 0.636. The van der Waals surface area contributed by atoms with Gasteiger partial charge in [-0.3, -0.25) is 19.6 Å². The van der Waals surface area contributed by atoms with Crippen LogP contribution in [0.15, 0.2) is 29.3 Å². The van der Waals surface area contributed by atoms with Crippen molar-refractivity contribution in [1.82, 2.24) is 20.4 Å². The summed E-state index contributed by atoms with van der Waals surface area (Å²) in [6.45, 7) is 7.68. The van der Waals surface area contributed by atoms with Crippen molar-refractivity contribution in [2.75, 3.05) is 45.8 Å². The molecule has 2 aliphatic heterocycles. The minimum Gasteiger partial charge on any atom is -0.390 e. The normalized spacial score (nSPS) is 19.2. The number of benzene rings is 1. The SMILES string of the molecule is CCNC(=NCC(O)CN1CCc2ccccc2C1)NC1CCN(CC(N)=O)CC1.I. The molecule has 3 rings (SSSR count). The van der Waals surface area contributed by atoms with E-state index in [1.807, 2.05) is 6.92 Å². The molecule has 0 spiro atoms. The highest BCUT2D eigenvalue weighted by atomic mass is 127. The van der Waals surface area contributed by atoms with E-state index in [4.69, 9.17) is 5.73 Å². The molecule has 174 valence electrons. The molecule has 31 heavy (non-hydrogen) atoms. The Bertz CT molecular complexity index is 724. The summed E-state index contributed by atoms with van der Waals surface area (Å²) < 4.78 is 0. The lowest BCUT2D eigenvalue weighted by Gasteiger charge is -2.32. The number of aliphatic imine (C=N–C) groups is 1. The summed E-state index contributed by atoms with van der Waals surface area (Å²) in [5.41, 5.74) is 8.06. The molecular formula is C22H37IN6O2.